The van der Waals surface area contributed by atoms with Gasteiger partial charge in [0.05, 0.1) is 10.6 Å². The molecular weight excluding hydrogens is 367 g/mol. The third kappa shape index (κ3) is 4.91. The molecule has 0 fully saturated rings. The third-order valence-corrected chi connectivity index (χ3v) is 4.14. The monoisotopic (exact) mass is 385 g/mol. The minimum absolute atomic E-state index is 0.00902. The van der Waals surface area contributed by atoms with E-state index in [-0.39, 0.29) is 5.69 Å². The summed E-state index contributed by atoms with van der Waals surface area (Å²) in [4.78, 5) is 12.4. The van der Waals surface area contributed by atoms with E-state index in [0.717, 1.165) is 23.3 Å². The summed E-state index contributed by atoms with van der Waals surface area (Å²) in [6.07, 6.45) is -5.07. The van der Waals surface area contributed by atoms with Gasteiger partial charge in [-0.1, -0.05) is 30.7 Å². The topological polar surface area (TPSA) is 38.3 Å². The van der Waals surface area contributed by atoms with Gasteiger partial charge in [0.15, 0.2) is 6.10 Å². The first-order chi connectivity index (χ1) is 12.1. The van der Waals surface area contributed by atoms with Gasteiger partial charge in [-0.2, -0.15) is 13.2 Å². The lowest BCUT2D eigenvalue weighted by Crippen LogP contribution is -2.32. The average molecular weight is 386 g/mol. The Labute approximate surface area is 155 Å². The highest BCUT2D eigenvalue weighted by Gasteiger charge is 2.33. The van der Waals surface area contributed by atoms with Crippen molar-refractivity contribution < 1.29 is 22.7 Å². The zero-order valence-electron chi connectivity index (χ0n) is 14.6. The van der Waals surface area contributed by atoms with E-state index in [1.807, 2.05) is 32.0 Å². The second-order valence-corrected chi connectivity index (χ2v) is 6.37. The van der Waals surface area contributed by atoms with Gasteiger partial charge in [-0.15, -0.1) is 0 Å². The minimum Gasteiger partial charge on any atom is -0.480 e. The molecule has 1 atom stereocenters. The standard InChI is InChI=1S/C19H19ClF3NO2/c1-4-16(26-17-9-11(2)5-6-12(17)3)18(25)24-13-7-8-15(20)14(10-13)19(21,22)23/h5-10,16H,4H2,1-3H3,(H,24,25)/t16-/m0/s1. The molecule has 0 spiro atoms. The maximum absolute atomic E-state index is 12.9. The fraction of sp³-hybridized carbons (Fsp3) is 0.316. The molecule has 140 valence electrons. The first-order valence-electron chi connectivity index (χ1n) is 8.03. The summed E-state index contributed by atoms with van der Waals surface area (Å²) in [7, 11) is 0. The molecule has 2 aromatic rings. The van der Waals surface area contributed by atoms with Crippen molar-refractivity contribution >= 4 is 23.2 Å². The van der Waals surface area contributed by atoms with Gasteiger partial charge in [0.25, 0.3) is 5.91 Å². The van der Waals surface area contributed by atoms with Gasteiger partial charge in [-0.3, -0.25) is 4.79 Å². The second-order valence-electron chi connectivity index (χ2n) is 5.97. The number of anilines is 1. The van der Waals surface area contributed by atoms with E-state index < -0.39 is 28.8 Å². The van der Waals surface area contributed by atoms with E-state index in [1.54, 1.807) is 6.92 Å². The Morgan fingerprint density at radius 2 is 1.88 bits per heavy atom. The molecule has 3 nitrogen and oxygen atoms in total. The normalized spacial score (nSPS) is 12.6. The molecule has 0 aliphatic rings. The highest BCUT2D eigenvalue weighted by Crippen LogP contribution is 2.36. The summed E-state index contributed by atoms with van der Waals surface area (Å²) in [5, 5.41) is 2.04. The van der Waals surface area contributed by atoms with Crippen LogP contribution in [0, 0.1) is 13.8 Å². The molecule has 0 radical (unpaired) electrons. The molecule has 2 aromatic carbocycles. The van der Waals surface area contributed by atoms with E-state index >= 15 is 0 Å². The Morgan fingerprint density at radius 1 is 1.19 bits per heavy atom. The Kier molecular flexibility index (Phi) is 6.18. The number of aryl methyl sites for hydroxylation is 2. The molecule has 26 heavy (non-hydrogen) atoms. The summed E-state index contributed by atoms with van der Waals surface area (Å²) in [6.45, 7) is 5.52. The smallest absolute Gasteiger partial charge is 0.417 e. The Balaban J connectivity index is 2.18. The van der Waals surface area contributed by atoms with Gasteiger partial charge in [0, 0.05) is 5.69 Å². The molecule has 0 aliphatic carbocycles. The summed E-state index contributed by atoms with van der Waals surface area (Å²) in [5.41, 5.74) is 0.858. The van der Waals surface area contributed by atoms with Gasteiger partial charge < -0.3 is 10.1 Å². The lowest BCUT2D eigenvalue weighted by atomic mass is 10.1. The molecule has 0 aliphatic heterocycles. The lowest BCUT2D eigenvalue weighted by molar-refractivity contribution is -0.137. The molecule has 0 saturated heterocycles. The van der Waals surface area contributed by atoms with Crippen LogP contribution in [0.5, 0.6) is 5.75 Å². The summed E-state index contributed by atoms with van der Waals surface area (Å²) in [5.74, 6) is 0.0444. The molecule has 0 heterocycles. The largest absolute Gasteiger partial charge is 0.480 e. The number of alkyl halides is 3. The molecule has 2 rings (SSSR count). The van der Waals surface area contributed by atoms with Gasteiger partial charge in [-0.25, -0.2) is 0 Å². The molecule has 0 bridgehead atoms. The Bertz CT molecular complexity index is 806. The van der Waals surface area contributed by atoms with Crippen LogP contribution < -0.4 is 10.1 Å². The van der Waals surface area contributed by atoms with Gasteiger partial charge in [-0.05, 0) is 55.7 Å². The Morgan fingerprint density at radius 3 is 2.50 bits per heavy atom. The molecule has 1 amide bonds. The number of benzene rings is 2. The lowest BCUT2D eigenvalue weighted by Gasteiger charge is -2.19. The molecule has 0 saturated carbocycles. The second kappa shape index (κ2) is 7.99. The first kappa shape index (κ1) is 20.1. The molecule has 0 unspecified atom stereocenters. The molecule has 1 N–H and O–H groups in total. The van der Waals surface area contributed by atoms with Crippen LogP contribution in [0.1, 0.15) is 30.0 Å². The van der Waals surface area contributed by atoms with Crippen molar-refractivity contribution in [1.82, 2.24) is 0 Å². The number of nitrogens with one attached hydrogen (secondary N) is 1. The number of ether oxygens (including phenoxy) is 1. The first-order valence-corrected chi connectivity index (χ1v) is 8.41. The molecular formula is C19H19ClF3NO2. The number of hydrogen-bond acceptors (Lipinski definition) is 2. The van der Waals surface area contributed by atoms with Crippen LogP contribution in [-0.2, 0) is 11.0 Å². The zero-order valence-corrected chi connectivity index (χ0v) is 15.3. The van der Waals surface area contributed by atoms with Gasteiger partial charge in [0.2, 0.25) is 0 Å². The van der Waals surface area contributed by atoms with Crippen molar-refractivity contribution in [2.24, 2.45) is 0 Å². The Hall–Kier alpha value is -2.21. The van der Waals surface area contributed by atoms with E-state index in [0.29, 0.717) is 12.2 Å². The van der Waals surface area contributed by atoms with E-state index in [2.05, 4.69) is 5.32 Å². The highest BCUT2D eigenvalue weighted by atomic mass is 35.5. The van der Waals surface area contributed by atoms with Crippen LogP contribution in [0.3, 0.4) is 0 Å². The number of carbonyl (C=O) groups is 1. The molecule has 0 aromatic heterocycles. The van der Waals surface area contributed by atoms with Crippen LogP contribution in [0.4, 0.5) is 18.9 Å². The quantitative estimate of drug-likeness (QED) is 0.709. The fourth-order valence-corrected chi connectivity index (χ4v) is 2.58. The van der Waals surface area contributed by atoms with Gasteiger partial charge >= 0.3 is 6.18 Å². The van der Waals surface area contributed by atoms with Crippen molar-refractivity contribution in [2.75, 3.05) is 5.32 Å². The zero-order chi connectivity index (χ0) is 19.5. The number of halogens is 4. The van der Waals surface area contributed by atoms with Crippen molar-refractivity contribution in [2.45, 2.75) is 39.5 Å². The van der Waals surface area contributed by atoms with Crippen molar-refractivity contribution in [3.05, 3.63) is 58.1 Å². The van der Waals surface area contributed by atoms with Crippen molar-refractivity contribution in [3.63, 3.8) is 0 Å². The van der Waals surface area contributed by atoms with E-state index in [4.69, 9.17) is 16.3 Å². The van der Waals surface area contributed by atoms with E-state index in [1.165, 1.54) is 6.07 Å². The van der Waals surface area contributed by atoms with Crippen LogP contribution in [0.2, 0.25) is 5.02 Å². The summed E-state index contributed by atoms with van der Waals surface area (Å²) < 4.78 is 44.6. The predicted molar refractivity (Wildman–Crippen MR) is 95.7 cm³/mol. The minimum atomic E-state index is -4.60. The predicted octanol–water partition coefficient (Wildman–Crippen LogP) is 5.77. The fourth-order valence-electron chi connectivity index (χ4n) is 2.35. The maximum atomic E-state index is 12.9. The number of carbonyl (C=O) groups excluding carboxylic acids is 1. The van der Waals surface area contributed by atoms with E-state index in [9.17, 15) is 18.0 Å². The van der Waals surface area contributed by atoms with Crippen LogP contribution >= 0.6 is 11.6 Å². The number of amides is 1. The SMILES string of the molecule is CC[C@H](Oc1cc(C)ccc1C)C(=O)Nc1ccc(Cl)c(C(F)(F)F)c1. The summed E-state index contributed by atoms with van der Waals surface area (Å²) in [6, 6.07) is 8.85. The maximum Gasteiger partial charge on any atom is 0.417 e. The molecule has 7 heteroatoms. The van der Waals surface area contributed by atoms with Gasteiger partial charge in [0.1, 0.15) is 5.75 Å². The number of hydrogen-bond donors (Lipinski definition) is 1. The van der Waals surface area contributed by atoms with Crippen LogP contribution in [-0.4, -0.2) is 12.0 Å². The average Bonchev–Trinajstić information content (AvgIpc) is 2.56. The number of rotatable bonds is 5. The highest BCUT2D eigenvalue weighted by molar-refractivity contribution is 6.31. The summed E-state index contributed by atoms with van der Waals surface area (Å²) >= 11 is 5.59. The van der Waals surface area contributed by atoms with Crippen molar-refractivity contribution in [3.8, 4) is 5.75 Å². The van der Waals surface area contributed by atoms with Crippen LogP contribution in [0.25, 0.3) is 0 Å². The van der Waals surface area contributed by atoms with Crippen LogP contribution in [0.15, 0.2) is 36.4 Å². The van der Waals surface area contributed by atoms with Crippen molar-refractivity contribution in [1.29, 1.82) is 0 Å². The third-order valence-electron chi connectivity index (χ3n) is 3.82.